The highest BCUT2D eigenvalue weighted by Crippen LogP contribution is 2.28. The van der Waals surface area contributed by atoms with Gasteiger partial charge in [-0.15, -0.1) is 11.8 Å². The first-order valence-corrected chi connectivity index (χ1v) is 13.2. The SMILES string of the molecule is NCCCCC1NC(=O)C(CCC(=O)O)NC(=O)c2cc([N+](=O)[O-])ccc2SCC(C(=O)NCC(=O)O)NC1=O. The van der Waals surface area contributed by atoms with E-state index in [-0.39, 0.29) is 29.1 Å². The summed E-state index contributed by atoms with van der Waals surface area (Å²) >= 11 is 0.886. The van der Waals surface area contributed by atoms with Crippen molar-refractivity contribution < 1.29 is 43.9 Å². The monoisotopic (exact) mass is 582 g/mol. The minimum Gasteiger partial charge on any atom is -0.481 e. The van der Waals surface area contributed by atoms with E-state index in [2.05, 4.69) is 21.3 Å². The Bertz CT molecular complexity index is 1160. The standard InChI is InChI=1S/C23H30N6O10S/c24-8-2-1-3-14-22(36)28-16(21(35)25-10-19(32)33)11-40-17-6-4-12(29(38)39)9-13(17)20(34)26-15(23(37)27-14)5-7-18(30)31/h4,6,9,14-16H,1-3,5,7-8,10-11,24H2,(H,25,35)(H,26,34)(H,27,37)(H,28,36)(H,30,31)(H,32,33). The van der Waals surface area contributed by atoms with Gasteiger partial charge in [0.1, 0.15) is 24.7 Å². The highest BCUT2D eigenvalue weighted by atomic mass is 32.2. The van der Waals surface area contributed by atoms with Crippen LogP contribution in [0.4, 0.5) is 5.69 Å². The first-order chi connectivity index (χ1) is 18.9. The van der Waals surface area contributed by atoms with Gasteiger partial charge in [-0.25, -0.2) is 0 Å². The number of unbranched alkanes of at least 4 members (excludes halogenated alkanes) is 1. The molecule has 40 heavy (non-hydrogen) atoms. The first kappa shape index (κ1) is 32.0. The number of nitrogens with zero attached hydrogens (tertiary/aromatic N) is 1. The number of nitro groups is 1. The summed E-state index contributed by atoms with van der Waals surface area (Å²) in [5, 5.41) is 38.9. The maximum atomic E-state index is 13.2. The molecule has 0 radical (unpaired) electrons. The number of aliphatic carboxylic acids is 2. The number of nitro benzene ring substituents is 1. The van der Waals surface area contributed by atoms with E-state index in [9.17, 15) is 38.9 Å². The molecule has 0 aliphatic carbocycles. The third-order valence-electron chi connectivity index (χ3n) is 5.72. The predicted molar refractivity (Wildman–Crippen MR) is 139 cm³/mol. The number of hydrogen-bond acceptors (Lipinski definition) is 10. The van der Waals surface area contributed by atoms with E-state index in [1.165, 1.54) is 6.07 Å². The summed E-state index contributed by atoms with van der Waals surface area (Å²) in [6, 6.07) is -0.587. The van der Waals surface area contributed by atoms with Gasteiger partial charge in [0.15, 0.2) is 0 Å². The van der Waals surface area contributed by atoms with Crippen LogP contribution in [0.1, 0.15) is 42.5 Å². The molecule has 1 aromatic carbocycles. The van der Waals surface area contributed by atoms with Crippen molar-refractivity contribution in [3.63, 3.8) is 0 Å². The number of amides is 4. The number of carboxylic acids is 2. The van der Waals surface area contributed by atoms with E-state index in [0.717, 1.165) is 23.9 Å². The lowest BCUT2D eigenvalue weighted by molar-refractivity contribution is -0.384. The Labute approximate surface area is 232 Å². The number of rotatable bonds is 11. The average molecular weight is 583 g/mol. The Hall–Kier alpha value is -4.25. The van der Waals surface area contributed by atoms with Gasteiger partial charge in [-0.05, 0) is 38.3 Å². The Morgan fingerprint density at radius 3 is 2.33 bits per heavy atom. The summed E-state index contributed by atoms with van der Waals surface area (Å²) in [6.45, 7) is -0.427. The van der Waals surface area contributed by atoms with Crippen molar-refractivity contribution in [2.45, 2.75) is 55.1 Å². The molecule has 3 unspecified atom stereocenters. The van der Waals surface area contributed by atoms with Gasteiger partial charge in [0.25, 0.3) is 11.6 Å². The summed E-state index contributed by atoms with van der Waals surface area (Å²) in [6.07, 6.45) is 0.149. The summed E-state index contributed by atoms with van der Waals surface area (Å²) in [5.74, 6) is -6.20. The minimum absolute atomic E-state index is 0.0946. The second-order valence-electron chi connectivity index (χ2n) is 8.73. The normalized spacial score (nSPS) is 19.8. The molecule has 1 aliphatic heterocycles. The van der Waals surface area contributed by atoms with Crippen molar-refractivity contribution >= 4 is 53.0 Å². The van der Waals surface area contributed by atoms with Crippen LogP contribution in [0.15, 0.2) is 23.1 Å². The number of benzene rings is 1. The average Bonchev–Trinajstić information content (AvgIpc) is 2.90. The van der Waals surface area contributed by atoms with Gasteiger partial charge in [0.05, 0.1) is 10.5 Å². The molecule has 4 amide bonds. The molecule has 0 saturated heterocycles. The van der Waals surface area contributed by atoms with E-state index >= 15 is 0 Å². The van der Waals surface area contributed by atoms with Crippen molar-refractivity contribution in [1.29, 1.82) is 0 Å². The van der Waals surface area contributed by atoms with Crippen LogP contribution in [0.2, 0.25) is 0 Å². The fourth-order valence-corrected chi connectivity index (χ4v) is 4.71. The first-order valence-electron chi connectivity index (χ1n) is 12.2. The molecule has 3 atom stereocenters. The van der Waals surface area contributed by atoms with Gasteiger partial charge in [-0.1, -0.05) is 0 Å². The van der Waals surface area contributed by atoms with Gasteiger partial charge in [-0.2, -0.15) is 0 Å². The van der Waals surface area contributed by atoms with E-state index in [1.54, 1.807) is 0 Å². The number of carbonyl (C=O) groups excluding carboxylic acids is 4. The predicted octanol–water partition coefficient (Wildman–Crippen LogP) is -1.04. The van der Waals surface area contributed by atoms with E-state index in [1.807, 2.05) is 0 Å². The van der Waals surface area contributed by atoms with E-state index in [0.29, 0.717) is 19.4 Å². The number of carbonyl (C=O) groups is 6. The zero-order valence-corrected chi connectivity index (χ0v) is 22.0. The molecule has 0 aromatic heterocycles. The quantitative estimate of drug-likeness (QED) is 0.0938. The van der Waals surface area contributed by atoms with Gasteiger partial charge < -0.3 is 37.2 Å². The Morgan fingerprint density at radius 1 is 1.02 bits per heavy atom. The lowest BCUT2D eigenvalue weighted by Gasteiger charge is -2.24. The van der Waals surface area contributed by atoms with Crippen molar-refractivity contribution in [2.24, 2.45) is 5.73 Å². The Kier molecular flexibility index (Phi) is 12.3. The number of fused-ring (bicyclic) bond motifs is 1. The second-order valence-corrected chi connectivity index (χ2v) is 9.79. The van der Waals surface area contributed by atoms with Gasteiger partial charge >= 0.3 is 11.9 Å². The summed E-state index contributed by atoms with van der Waals surface area (Å²) in [7, 11) is 0. The summed E-state index contributed by atoms with van der Waals surface area (Å²) < 4.78 is 0. The molecule has 1 aromatic rings. The van der Waals surface area contributed by atoms with E-state index < -0.39 is 77.3 Å². The molecule has 8 N–H and O–H groups in total. The fourth-order valence-electron chi connectivity index (χ4n) is 3.66. The molecule has 0 fully saturated rings. The third kappa shape index (κ3) is 9.81. The molecule has 218 valence electrons. The van der Waals surface area contributed by atoms with Crippen molar-refractivity contribution in [3.05, 3.63) is 33.9 Å². The van der Waals surface area contributed by atoms with Crippen molar-refractivity contribution in [3.8, 4) is 0 Å². The maximum Gasteiger partial charge on any atom is 0.322 e. The zero-order chi connectivity index (χ0) is 29.8. The lowest BCUT2D eigenvalue weighted by atomic mass is 10.1. The summed E-state index contributed by atoms with van der Waals surface area (Å²) in [4.78, 5) is 85.2. The van der Waals surface area contributed by atoms with Gasteiger partial charge in [0.2, 0.25) is 17.7 Å². The highest BCUT2D eigenvalue weighted by Gasteiger charge is 2.32. The molecule has 2 rings (SSSR count). The third-order valence-corrected chi connectivity index (χ3v) is 6.89. The Balaban J connectivity index is 2.53. The molecular weight excluding hydrogens is 552 g/mol. The number of thioether (sulfide) groups is 1. The van der Waals surface area contributed by atoms with Crippen LogP contribution >= 0.6 is 11.8 Å². The molecule has 0 saturated carbocycles. The molecule has 1 heterocycles. The number of carboxylic acid groups (broad SMARTS) is 2. The molecule has 17 heteroatoms. The molecule has 0 bridgehead atoms. The van der Waals surface area contributed by atoms with Gasteiger partial charge in [0, 0.05) is 29.2 Å². The maximum absolute atomic E-state index is 13.2. The van der Waals surface area contributed by atoms with Crippen LogP contribution in [0.25, 0.3) is 0 Å². The van der Waals surface area contributed by atoms with Crippen molar-refractivity contribution in [1.82, 2.24) is 21.3 Å². The topological polar surface area (TPSA) is 260 Å². The van der Waals surface area contributed by atoms with Crippen LogP contribution in [-0.2, 0) is 24.0 Å². The molecule has 1 aliphatic rings. The van der Waals surface area contributed by atoms with Crippen LogP contribution < -0.4 is 27.0 Å². The lowest BCUT2D eigenvalue weighted by Crippen LogP contribution is -2.57. The minimum atomic E-state index is -1.42. The van der Waals surface area contributed by atoms with Crippen molar-refractivity contribution in [2.75, 3.05) is 18.8 Å². The second kappa shape index (κ2) is 15.4. The largest absolute Gasteiger partial charge is 0.481 e. The van der Waals surface area contributed by atoms with Crippen LogP contribution in [-0.4, -0.2) is 87.7 Å². The number of hydrogen-bond donors (Lipinski definition) is 7. The number of nitrogens with one attached hydrogen (secondary N) is 4. The van der Waals surface area contributed by atoms with Gasteiger partial charge in [-0.3, -0.25) is 38.9 Å². The van der Waals surface area contributed by atoms with Crippen LogP contribution in [0, 0.1) is 10.1 Å². The Morgan fingerprint density at radius 2 is 1.70 bits per heavy atom. The van der Waals surface area contributed by atoms with E-state index in [4.69, 9.17) is 15.9 Å². The summed E-state index contributed by atoms with van der Waals surface area (Å²) in [5.41, 5.74) is 4.87. The molecular formula is C23H30N6O10S. The molecule has 16 nitrogen and oxygen atoms in total. The molecule has 0 spiro atoms. The van der Waals surface area contributed by atoms with Crippen LogP contribution in [0.3, 0.4) is 0 Å². The van der Waals surface area contributed by atoms with Crippen LogP contribution in [0.5, 0.6) is 0 Å². The fraction of sp³-hybridized carbons (Fsp3) is 0.478. The zero-order valence-electron chi connectivity index (χ0n) is 21.2. The number of non-ortho nitro benzene ring substituents is 1. The smallest absolute Gasteiger partial charge is 0.322 e. The number of nitrogens with two attached hydrogens (primary N) is 1. The highest BCUT2D eigenvalue weighted by molar-refractivity contribution is 7.99.